The summed E-state index contributed by atoms with van der Waals surface area (Å²) in [5.74, 6) is 0.275. The lowest BCUT2D eigenvalue weighted by Crippen LogP contribution is -2.11. The van der Waals surface area contributed by atoms with Crippen LogP contribution in [0.4, 0.5) is 5.69 Å². The number of unbranched alkanes of at least 4 members (excludes halogenated alkanes) is 1. The van der Waals surface area contributed by atoms with E-state index in [4.69, 9.17) is 22.5 Å². The molecule has 0 heterocycles. The predicted octanol–water partition coefficient (Wildman–Crippen LogP) is 3.43. The molecule has 94 valence electrons. The number of halogens is 2. The Morgan fingerprint density at radius 3 is 2.88 bits per heavy atom. The standard InChI is InChI=1S/C11H15BrClN3O/c12-9-5-4-8(7-10(9)13)15-6-2-1-3-11(14)16-17/h4-5,7,15,17H,1-3,6H2,(H2,14,16). The maximum Gasteiger partial charge on any atom is 0.139 e. The molecule has 0 fully saturated rings. The van der Waals surface area contributed by atoms with E-state index >= 15 is 0 Å². The molecule has 0 bridgehead atoms. The van der Waals surface area contributed by atoms with Crippen molar-refractivity contribution in [3.05, 3.63) is 27.7 Å². The number of nitrogens with zero attached hydrogens (tertiary/aromatic N) is 1. The third-order valence-electron chi connectivity index (χ3n) is 2.24. The fourth-order valence-electron chi connectivity index (χ4n) is 1.32. The molecule has 0 saturated heterocycles. The number of hydrogen-bond donors (Lipinski definition) is 3. The Morgan fingerprint density at radius 1 is 1.47 bits per heavy atom. The zero-order chi connectivity index (χ0) is 12.7. The average Bonchev–Trinajstić information content (AvgIpc) is 2.33. The number of oxime groups is 1. The van der Waals surface area contributed by atoms with E-state index in [0.29, 0.717) is 11.4 Å². The van der Waals surface area contributed by atoms with Crippen molar-refractivity contribution < 1.29 is 5.21 Å². The van der Waals surface area contributed by atoms with Gasteiger partial charge in [0.25, 0.3) is 0 Å². The molecule has 4 N–H and O–H groups in total. The summed E-state index contributed by atoms with van der Waals surface area (Å²) >= 11 is 9.30. The van der Waals surface area contributed by atoms with Gasteiger partial charge in [0.2, 0.25) is 0 Å². The van der Waals surface area contributed by atoms with E-state index in [1.165, 1.54) is 0 Å². The van der Waals surface area contributed by atoms with Gasteiger partial charge in [-0.25, -0.2) is 0 Å². The van der Waals surface area contributed by atoms with Crippen LogP contribution in [0.25, 0.3) is 0 Å². The highest BCUT2D eigenvalue weighted by Crippen LogP contribution is 2.25. The number of benzene rings is 1. The highest BCUT2D eigenvalue weighted by atomic mass is 79.9. The fourth-order valence-corrected chi connectivity index (χ4v) is 1.75. The van der Waals surface area contributed by atoms with Gasteiger partial charge in [0.1, 0.15) is 5.84 Å². The van der Waals surface area contributed by atoms with E-state index in [9.17, 15) is 0 Å². The molecule has 0 atom stereocenters. The van der Waals surface area contributed by atoms with Crippen LogP contribution in [-0.2, 0) is 0 Å². The smallest absolute Gasteiger partial charge is 0.139 e. The van der Waals surface area contributed by atoms with Crippen molar-refractivity contribution in [2.24, 2.45) is 10.9 Å². The second-order valence-electron chi connectivity index (χ2n) is 3.60. The Bertz CT molecular complexity index is 398. The van der Waals surface area contributed by atoms with Gasteiger partial charge in [-0.3, -0.25) is 0 Å². The Labute approximate surface area is 114 Å². The number of nitrogens with one attached hydrogen (secondary N) is 1. The third-order valence-corrected chi connectivity index (χ3v) is 3.47. The molecule has 1 aromatic rings. The summed E-state index contributed by atoms with van der Waals surface area (Å²) in [5, 5.41) is 15.2. The van der Waals surface area contributed by atoms with Crippen LogP contribution >= 0.6 is 27.5 Å². The van der Waals surface area contributed by atoms with Gasteiger partial charge in [0.15, 0.2) is 0 Å². The first-order chi connectivity index (χ1) is 8.13. The normalized spacial score (nSPS) is 11.5. The first-order valence-corrected chi connectivity index (χ1v) is 6.46. The highest BCUT2D eigenvalue weighted by Gasteiger charge is 1.98. The van der Waals surface area contributed by atoms with Crippen molar-refractivity contribution in [1.82, 2.24) is 0 Å². The minimum absolute atomic E-state index is 0.275. The minimum Gasteiger partial charge on any atom is -0.409 e. The van der Waals surface area contributed by atoms with Crippen LogP contribution in [0, 0.1) is 0 Å². The Morgan fingerprint density at radius 2 is 2.24 bits per heavy atom. The first-order valence-electron chi connectivity index (χ1n) is 5.29. The second kappa shape index (κ2) is 7.40. The van der Waals surface area contributed by atoms with Crippen molar-refractivity contribution in [2.75, 3.05) is 11.9 Å². The summed E-state index contributed by atoms with van der Waals surface area (Å²) in [6.07, 6.45) is 2.44. The molecule has 6 heteroatoms. The van der Waals surface area contributed by atoms with Crippen LogP contribution in [0.15, 0.2) is 27.8 Å². The molecular weight excluding hydrogens is 305 g/mol. The largest absolute Gasteiger partial charge is 0.409 e. The van der Waals surface area contributed by atoms with E-state index in [0.717, 1.165) is 29.5 Å². The molecule has 1 rings (SSSR count). The molecule has 1 aromatic carbocycles. The molecule has 0 aliphatic heterocycles. The van der Waals surface area contributed by atoms with Gasteiger partial charge < -0.3 is 16.3 Å². The highest BCUT2D eigenvalue weighted by molar-refractivity contribution is 9.10. The van der Waals surface area contributed by atoms with Crippen LogP contribution in [0.5, 0.6) is 0 Å². The summed E-state index contributed by atoms with van der Waals surface area (Å²) in [6, 6.07) is 5.73. The quantitative estimate of drug-likeness (QED) is 0.247. The molecule has 0 saturated carbocycles. The van der Waals surface area contributed by atoms with E-state index in [-0.39, 0.29) is 5.84 Å². The zero-order valence-electron chi connectivity index (χ0n) is 9.29. The van der Waals surface area contributed by atoms with Crippen LogP contribution < -0.4 is 11.1 Å². The Hall–Kier alpha value is -0.940. The summed E-state index contributed by atoms with van der Waals surface area (Å²) < 4.78 is 0.886. The number of nitrogens with two attached hydrogens (primary N) is 1. The number of anilines is 1. The molecule has 0 aromatic heterocycles. The van der Waals surface area contributed by atoms with Gasteiger partial charge in [-0.05, 0) is 47.0 Å². The molecule has 0 aliphatic rings. The maximum absolute atomic E-state index is 8.35. The lowest BCUT2D eigenvalue weighted by Gasteiger charge is -2.07. The van der Waals surface area contributed by atoms with Crippen molar-refractivity contribution in [1.29, 1.82) is 0 Å². The fraction of sp³-hybridized carbons (Fsp3) is 0.364. The number of amidine groups is 1. The van der Waals surface area contributed by atoms with Crippen LogP contribution in [0.1, 0.15) is 19.3 Å². The molecule has 0 aliphatic carbocycles. The third kappa shape index (κ3) is 5.28. The van der Waals surface area contributed by atoms with Crippen molar-refractivity contribution in [2.45, 2.75) is 19.3 Å². The number of hydrogen-bond acceptors (Lipinski definition) is 3. The van der Waals surface area contributed by atoms with Gasteiger partial charge in [-0.15, -0.1) is 0 Å². The molecule has 17 heavy (non-hydrogen) atoms. The van der Waals surface area contributed by atoms with Gasteiger partial charge in [0.05, 0.1) is 5.02 Å². The molecule has 4 nitrogen and oxygen atoms in total. The van der Waals surface area contributed by atoms with E-state index in [2.05, 4.69) is 26.4 Å². The van der Waals surface area contributed by atoms with E-state index < -0.39 is 0 Å². The number of rotatable bonds is 6. The Balaban J connectivity index is 2.24. The molecule has 0 radical (unpaired) electrons. The maximum atomic E-state index is 8.35. The van der Waals surface area contributed by atoms with Gasteiger partial charge in [0, 0.05) is 23.1 Å². The van der Waals surface area contributed by atoms with Crippen molar-refractivity contribution in [3.8, 4) is 0 Å². The van der Waals surface area contributed by atoms with E-state index in [1.807, 2.05) is 18.2 Å². The molecule has 0 unspecified atom stereocenters. The topological polar surface area (TPSA) is 70.6 Å². The summed E-state index contributed by atoms with van der Waals surface area (Å²) in [5.41, 5.74) is 6.35. The lowest BCUT2D eigenvalue weighted by molar-refractivity contribution is 0.316. The Kier molecular flexibility index (Phi) is 6.15. The van der Waals surface area contributed by atoms with Crippen LogP contribution in [-0.4, -0.2) is 17.6 Å². The SMILES string of the molecule is N/C(CCCCNc1ccc(Br)c(Cl)c1)=N/O. The minimum atomic E-state index is 0.275. The summed E-state index contributed by atoms with van der Waals surface area (Å²) in [7, 11) is 0. The summed E-state index contributed by atoms with van der Waals surface area (Å²) in [4.78, 5) is 0. The summed E-state index contributed by atoms with van der Waals surface area (Å²) in [6.45, 7) is 0.830. The van der Waals surface area contributed by atoms with Crippen molar-refractivity contribution >= 4 is 39.1 Å². The van der Waals surface area contributed by atoms with Gasteiger partial charge in [-0.1, -0.05) is 16.8 Å². The molecular formula is C11H15BrClN3O. The first kappa shape index (κ1) is 14.1. The van der Waals surface area contributed by atoms with Gasteiger partial charge >= 0.3 is 0 Å². The van der Waals surface area contributed by atoms with Gasteiger partial charge in [-0.2, -0.15) is 0 Å². The monoisotopic (exact) mass is 319 g/mol. The van der Waals surface area contributed by atoms with Crippen LogP contribution in [0.2, 0.25) is 5.02 Å². The molecule has 0 spiro atoms. The van der Waals surface area contributed by atoms with E-state index in [1.54, 1.807) is 0 Å². The second-order valence-corrected chi connectivity index (χ2v) is 4.87. The van der Waals surface area contributed by atoms with Crippen LogP contribution in [0.3, 0.4) is 0 Å². The average molecular weight is 321 g/mol. The molecule has 0 amide bonds. The van der Waals surface area contributed by atoms with Crippen molar-refractivity contribution in [3.63, 3.8) is 0 Å². The predicted molar refractivity (Wildman–Crippen MR) is 74.9 cm³/mol. The lowest BCUT2D eigenvalue weighted by atomic mass is 10.2. The zero-order valence-corrected chi connectivity index (χ0v) is 11.6.